The van der Waals surface area contributed by atoms with Gasteiger partial charge in [-0.15, -0.1) is 24.8 Å². The van der Waals surface area contributed by atoms with Crippen molar-refractivity contribution in [3.05, 3.63) is 22.8 Å². The van der Waals surface area contributed by atoms with E-state index in [4.69, 9.17) is 0 Å². The summed E-state index contributed by atoms with van der Waals surface area (Å²) >= 11 is 3.28. The number of halogens is 3. The van der Waals surface area contributed by atoms with Crippen LogP contribution < -0.4 is 10.6 Å². The first-order valence-electron chi connectivity index (χ1n) is 6.84. The number of amides is 2. The zero-order chi connectivity index (χ0) is 15.4. The molecule has 0 radical (unpaired) electrons. The number of anilines is 1. The van der Waals surface area contributed by atoms with Gasteiger partial charge in [-0.1, -0.05) is 6.92 Å². The lowest BCUT2D eigenvalue weighted by molar-refractivity contribution is -0.138. The fourth-order valence-electron chi connectivity index (χ4n) is 2.14. The second kappa shape index (κ2) is 10.1. The molecule has 130 valence electrons. The fourth-order valence-corrected chi connectivity index (χ4v) is 2.37. The van der Waals surface area contributed by atoms with E-state index in [1.807, 2.05) is 6.92 Å². The highest BCUT2D eigenvalue weighted by atomic mass is 79.9. The number of likely N-dealkylation sites (N-methyl/N-ethyl adjacent to an activating group) is 1. The predicted molar refractivity (Wildman–Crippen MR) is 98.2 cm³/mol. The Kier molecular flexibility index (Phi) is 9.68. The second-order valence-corrected chi connectivity index (χ2v) is 6.23. The highest BCUT2D eigenvalue weighted by molar-refractivity contribution is 9.10. The van der Waals surface area contributed by atoms with Crippen LogP contribution in [0.4, 0.5) is 5.82 Å². The van der Waals surface area contributed by atoms with Crippen LogP contribution in [0.2, 0.25) is 0 Å². The van der Waals surface area contributed by atoms with Crippen LogP contribution in [0.5, 0.6) is 0 Å². The minimum absolute atomic E-state index is 0. The van der Waals surface area contributed by atoms with Crippen LogP contribution in [-0.4, -0.2) is 48.4 Å². The van der Waals surface area contributed by atoms with Crippen molar-refractivity contribution in [2.45, 2.75) is 6.92 Å². The van der Waals surface area contributed by atoms with Crippen molar-refractivity contribution in [1.29, 1.82) is 0 Å². The minimum Gasteiger partial charge on any atom is -0.336 e. The van der Waals surface area contributed by atoms with Crippen molar-refractivity contribution >= 4 is 58.4 Å². The average Bonchev–Trinajstić information content (AvgIpc) is 2.38. The Morgan fingerprint density at radius 2 is 2.09 bits per heavy atom. The van der Waals surface area contributed by atoms with E-state index in [-0.39, 0.29) is 49.1 Å². The summed E-state index contributed by atoms with van der Waals surface area (Å²) in [6, 6.07) is 3.50. The van der Waals surface area contributed by atoms with Crippen LogP contribution >= 0.6 is 40.7 Å². The van der Waals surface area contributed by atoms with Gasteiger partial charge < -0.3 is 15.5 Å². The van der Waals surface area contributed by atoms with Gasteiger partial charge in [0.1, 0.15) is 5.82 Å². The van der Waals surface area contributed by atoms with E-state index in [1.54, 1.807) is 25.4 Å². The Morgan fingerprint density at radius 1 is 1.43 bits per heavy atom. The number of nitrogens with zero attached hydrogens (tertiary/aromatic N) is 2. The molecule has 2 rings (SSSR count). The number of nitrogens with one attached hydrogen (secondary N) is 2. The second-order valence-electron chi connectivity index (χ2n) is 5.31. The molecule has 9 heteroatoms. The number of carbonyl (C=O) groups is 2. The maximum absolute atomic E-state index is 12.2. The first kappa shape index (κ1) is 22.1. The Balaban J connectivity index is 0.00000242. The molecule has 0 spiro atoms. The van der Waals surface area contributed by atoms with Crippen LogP contribution in [-0.2, 0) is 9.59 Å². The molecule has 23 heavy (non-hydrogen) atoms. The quantitative estimate of drug-likeness (QED) is 0.752. The molecule has 0 aromatic carbocycles. The molecular formula is C14H21BrCl2N4O2. The van der Waals surface area contributed by atoms with Gasteiger partial charge in [-0.3, -0.25) is 9.59 Å². The normalized spacial score (nSPS) is 14.6. The molecule has 2 N–H and O–H groups in total. The molecule has 1 aromatic heterocycles. The van der Waals surface area contributed by atoms with Crippen molar-refractivity contribution in [3.63, 3.8) is 0 Å². The number of carbonyl (C=O) groups excluding carboxylic acids is 2. The van der Waals surface area contributed by atoms with E-state index < -0.39 is 0 Å². The van der Waals surface area contributed by atoms with Gasteiger partial charge in [0, 0.05) is 23.6 Å². The van der Waals surface area contributed by atoms with Gasteiger partial charge >= 0.3 is 0 Å². The summed E-state index contributed by atoms with van der Waals surface area (Å²) in [7, 11) is 1.65. The van der Waals surface area contributed by atoms with Crippen molar-refractivity contribution < 1.29 is 9.59 Å². The lowest BCUT2D eigenvalue weighted by Crippen LogP contribution is -2.50. The third-order valence-corrected chi connectivity index (χ3v) is 4.13. The average molecular weight is 428 g/mol. The largest absolute Gasteiger partial charge is 0.336 e. The topological polar surface area (TPSA) is 74.3 Å². The van der Waals surface area contributed by atoms with Gasteiger partial charge in [0.15, 0.2) is 0 Å². The summed E-state index contributed by atoms with van der Waals surface area (Å²) in [5, 5.41) is 5.83. The predicted octanol–water partition coefficient (Wildman–Crippen LogP) is 1.94. The van der Waals surface area contributed by atoms with Crippen LogP contribution in [0.15, 0.2) is 22.8 Å². The molecule has 1 fully saturated rings. The zero-order valence-electron chi connectivity index (χ0n) is 12.9. The van der Waals surface area contributed by atoms with Crippen molar-refractivity contribution in [2.24, 2.45) is 11.8 Å². The summed E-state index contributed by atoms with van der Waals surface area (Å²) in [6.07, 6.45) is 1.61. The molecule has 0 bridgehead atoms. The molecule has 2 heterocycles. The molecule has 1 saturated heterocycles. The monoisotopic (exact) mass is 426 g/mol. The Bertz CT molecular complexity index is 526. The number of rotatable bonds is 5. The maximum atomic E-state index is 12.2. The molecule has 0 saturated carbocycles. The van der Waals surface area contributed by atoms with E-state index in [1.165, 1.54) is 4.90 Å². The molecule has 1 aliphatic heterocycles. The molecule has 6 nitrogen and oxygen atoms in total. The standard InChI is InChI=1S/C14H19BrN4O2.2ClH/c1-9(10-5-16-6-10)14(21)19(2)8-13(20)18-12-4-3-11(15)7-17-12;;/h3-4,7,9-10,16H,5-6,8H2,1-2H3,(H,17,18,20);2*1H. The summed E-state index contributed by atoms with van der Waals surface area (Å²) in [5.74, 6) is 0.534. The van der Waals surface area contributed by atoms with E-state index in [0.717, 1.165) is 17.6 Å². The highest BCUT2D eigenvalue weighted by Gasteiger charge is 2.30. The number of hydrogen-bond donors (Lipinski definition) is 2. The molecular weight excluding hydrogens is 407 g/mol. The fraction of sp³-hybridized carbons (Fsp3) is 0.500. The van der Waals surface area contributed by atoms with Crippen molar-refractivity contribution in [2.75, 3.05) is 32.0 Å². The lowest BCUT2D eigenvalue weighted by atomic mass is 9.88. The van der Waals surface area contributed by atoms with Gasteiger partial charge in [-0.2, -0.15) is 0 Å². The number of aromatic nitrogens is 1. The SMILES string of the molecule is CC(C(=O)N(C)CC(=O)Nc1ccc(Br)cn1)C1CNC1.Cl.Cl. The van der Waals surface area contributed by atoms with Crippen LogP contribution in [0.3, 0.4) is 0 Å². The van der Waals surface area contributed by atoms with Crippen LogP contribution in [0.25, 0.3) is 0 Å². The highest BCUT2D eigenvalue weighted by Crippen LogP contribution is 2.18. The van der Waals surface area contributed by atoms with Gasteiger partial charge in [0.25, 0.3) is 0 Å². The molecule has 2 amide bonds. The van der Waals surface area contributed by atoms with E-state index in [0.29, 0.717) is 11.7 Å². The van der Waals surface area contributed by atoms with Gasteiger partial charge in [-0.25, -0.2) is 4.98 Å². The molecule has 1 unspecified atom stereocenters. The lowest BCUT2D eigenvalue weighted by Gasteiger charge is -2.33. The first-order valence-corrected chi connectivity index (χ1v) is 7.63. The summed E-state index contributed by atoms with van der Waals surface area (Å²) < 4.78 is 0.843. The zero-order valence-corrected chi connectivity index (χ0v) is 16.1. The summed E-state index contributed by atoms with van der Waals surface area (Å²) in [4.78, 5) is 29.7. The van der Waals surface area contributed by atoms with E-state index >= 15 is 0 Å². The third kappa shape index (κ3) is 6.25. The van der Waals surface area contributed by atoms with Crippen molar-refractivity contribution in [3.8, 4) is 0 Å². The van der Waals surface area contributed by atoms with Crippen LogP contribution in [0.1, 0.15) is 6.92 Å². The summed E-state index contributed by atoms with van der Waals surface area (Å²) in [5.41, 5.74) is 0. The number of pyridine rings is 1. The smallest absolute Gasteiger partial charge is 0.245 e. The van der Waals surface area contributed by atoms with Gasteiger partial charge in [-0.05, 0) is 47.1 Å². The van der Waals surface area contributed by atoms with Crippen LogP contribution in [0, 0.1) is 11.8 Å². The molecule has 1 aliphatic rings. The van der Waals surface area contributed by atoms with E-state index in [9.17, 15) is 9.59 Å². The Morgan fingerprint density at radius 3 is 2.57 bits per heavy atom. The third-order valence-electron chi connectivity index (χ3n) is 3.66. The van der Waals surface area contributed by atoms with Gasteiger partial charge in [0.2, 0.25) is 11.8 Å². The summed E-state index contributed by atoms with van der Waals surface area (Å²) in [6.45, 7) is 3.69. The molecule has 0 aliphatic carbocycles. The Hall–Kier alpha value is -0.890. The minimum atomic E-state index is -0.250. The van der Waals surface area contributed by atoms with Crippen molar-refractivity contribution in [1.82, 2.24) is 15.2 Å². The van der Waals surface area contributed by atoms with E-state index in [2.05, 4.69) is 31.5 Å². The van der Waals surface area contributed by atoms with Gasteiger partial charge in [0.05, 0.1) is 6.54 Å². The number of hydrogen-bond acceptors (Lipinski definition) is 4. The first-order chi connectivity index (χ1) is 9.97. The molecule has 1 aromatic rings. The Labute approximate surface area is 156 Å². The maximum Gasteiger partial charge on any atom is 0.245 e. The molecule has 1 atom stereocenters.